The van der Waals surface area contributed by atoms with E-state index in [1.807, 2.05) is 30.3 Å². The standard InChI is InChI=1S/C13H14O4/c14-10-6-7-15-11-8-16-13(17-12(10)11)9-4-2-1-3-5-9/h1-7,10-14H,8H2/t10-,11?,12-,13?/m1/s1. The Morgan fingerprint density at radius 3 is 2.82 bits per heavy atom. The van der Waals surface area contributed by atoms with Crippen molar-refractivity contribution in [3.63, 3.8) is 0 Å². The zero-order chi connectivity index (χ0) is 11.7. The van der Waals surface area contributed by atoms with E-state index in [0.717, 1.165) is 5.56 Å². The minimum absolute atomic E-state index is 0.227. The zero-order valence-electron chi connectivity index (χ0n) is 9.23. The molecule has 1 fully saturated rings. The third kappa shape index (κ3) is 2.07. The van der Waals surface area contributed by atoms with Crippen LogP contribution in [-0.2, 0) is 14.2 Å². The van der Waals surface area contributed by atoms with Crippen LogP contribution in [0.3, 0.4) is 0 Å². The molecule has 4 heteroatoms. The van der Waals surface area contributed by atoms with Gasteiger partial charge in [-0.15, -0.1) is 0 Å². The Balaban J connectivity index is 1.77. The summed E-state index contributed by atoms with van der Waals surface area (Å²) in [6.07, 6.45) is 1.44. The Labute approximate surface area is 99.4 Å². The molecule has 3 rings (SSSR count). The molecule has 0 aromatic heterocycles. The lowest BCUT2D eigenvalue weighted by molar-refractivity contribution is -0.276. The zero-order valence-corrected chi connectivity index (χ0v) is 9.23. The molecule has 1 aromatic carbocycles. The summed E-state index contributed by atoms with van der Waals surface area (Å²) in [5.74, 6) is 0. The molecule has 0 bridgehead atoms. The normalized spacial score (nSPS) is 36.1. The Kier molecular flexibility index (Phi) is 2.84. The Morgan fingerprint density at radius 2 is 2.00 bits per heavy atom. The molecule has 0 aliphatic carbocycles. The van der Waals surface area contributed by atoms with Gasteiger partial charge in [0.25, 0.3) is 0 Å². The first-order valence-corrected chi connectivity index (χ1v) is 5.67. The van der Waals surface area contributed by atoms with Crippen molar-refractivity contribution in [3.8, 4) is 0 Å². The molecule has 2 aliphatic rings. The molecule has 0 spiro atoms. The Hall–Kier alpha value is -1.36. The minimum atomic E-state index is -0.635. The van der Waals surface area contributed by atoms with Crippen LogP contribution >= 0.6 is 0 Å². The molecule has 90 valence electrons. The van der Waals surface area contributed by atoms with Gasteiger partial charge in [0.15, 0.2) is 12.4 Å². The molecule has 17 heavy (non-hydrogen) atoms. The SMILES string of the molecule is O[C@@H]1C=COC2COC(c3ccccc3)O[C@@H]21. The molecule has 1 N–H and O–H groups in total. The lowest BCUT2D eigenvalue weighted by Crippen LogP contribution is -2.49. The van der Waals surface area contributed by atoms with Crippen LogP contribution in [0.2, 0.25) is 0 Å². The fourth-order valence-corrected chi connectivity index (χ4v) is 2.09. The first-order chi connectivity index (χ1) is 8.34. The quantitative estimate of drug-likeness (QED) is 0.797. The van der Waals surface area contributed by atoms with E-state index in [0.29, 0.717) is 6.61 Å². The van der Waals surface area contributed by atoms with Gasteiger partial charge in [-0.3, -0.25) is 0 Å². The second-order valence-electron chi connectivity index (χ2n) is 4.17. The number of benzene rings is 1. The predicted octanol–water partition coefficient (Wildman–Crippen LogP) is 1.37. The van der Waals surface area contributed by atoms with Crippen LogP contribution in [0.1, 0.15) is 11.9 Å². The predicted molar refractivity (Wildman–Crippen MR) is 60.0 cm³/mol. The third-order valence-electron chi connectivity index (χ3n) is 3.00. The van der Waals surface area contributed by atoms with Crippen LogP contribution in [0.15, 0.2) is 42.7 Å². The summed E-state index contributed by atoms with van der Waals surface area (Å²) in [6, 6.07) is 9.69. The number of hydrogen-bond acceptors (Lipinski definition) is 4. The van der Waals surface area contributed by atoms with E-state index in [2.05, 4.69) is 0 Å². The minimum Gasteiger partial charge on any atom is -0.493 e. The molecule has 0 radical (unpaired) electrons. The van der Waals surface area contributed by atoms with Gasteiger partial charge in [0.1, 0.15) is 12.2 Å². The molecular formula is C13H14O4. The van der Waals surface area contributed by atoms with Crippen molar-refractivity contribution in [2.24, 2.45) is 0 Å². The average molecular weight is 234 g/mol. The van der Waals surface area contributed by atoms with Crippen molar-refractivity contribution in [1.29, 1.82) is 0 Å². The fourth-order valence-electron chi connectivity index (χ4n) is 2.09. The highest BCUT2D eigenvalue weighted by atomic mass is 16.7. The van der Waals surface area contributed by atoms with Crippen LogP contribution in [0.4, 0.5) is 0 Å². The van der Waals surface area contributed by atoms with Crippen LogP contribution in [-0.4, -0.2) is 30.0 Å². The number of aliphatic hydroxyl groups is 1. The van der Waals surface area contributed by atoms with E-state index in [4.69, 9.17) is 14.2 Å². The van der Waals surface area contributed by atoms with E-state index in [9.17, 15) is 5.11 Å². The molecular weight excluding hydrogens is 220 g/mol. The van der Waals surface area contributed by atoms with Crippen LogP contribution < -0.4 is 0 Å². The van der Waals surface area contributed by atoms with Gasteiger partial charge in [0.05, 0.1) is 12.9 Å². The van der Waals surface area contributed by atoms with Gasteiger partial charge in [-0.1, -0.05) is 30.3 Å². The van der Waals surface area contributed by atoms with Gasteiger partial charge in [-0.05, 0) is 6.08 Å². The van der Waals surface area contributed by atoms with Gasteiger partial charge in [-0.2, -0.15) is 0 Å². The monoisotopic (exact) mass is 234 g/mol. The number of fused-ring (bicyclic) bond motifs is 1. The molecule has 2 aliphatic heterocycles. The second kappa shape index (κ2) is 4.49. The van der Waals surface area contributed by atoms with E-state index in [1.165, 1.54) is 6.26 Å². The molecule has 2 unspecified atom stereocenters. The van der Waals surface area contributed by atoms with Crippen LogP contribution in [0.25, 0.3) is 0 Å². The first-order valence-electron chi connectivity index (χ1n) is 5.67. The fraction of sp³-hybridized carbons (Fsp3) is 0.385. The largest absolute Gasteiger partial charge is 0.493 e. The summed E-state index contributed by atoms with van der Waals surface area (Å²) in [7, 11) is 0. The third-order valence-corrected chi connectivity index (χ3v) is 3.00. The van der Waals surface area contributed by atoms with E-state index >= 15 is 0 Å². The molecule has 0 saturated carbocycles. The van der Waals surface area contributed by atoms with E-state index in [1.54, 1.807) is 6.08 Å². The highest BCUT2D eigenvalue weighted by Crippen LogP contribution is 2.30. The smallest absolute Gasteiger partial charge is 0.184 e. The molecule has 0 amide bonds. The summed E-state index contributed by atoms with van der Waals surface area (Å²) in [6.45, 7) is 0.422. The summed E-state index contributed by atoms with van der Waals surface area (Å²) in [4.78, 5) is 0. The second-order valence-corrected chi connectivity index (χ2v) is 4.17. The first kappa shape index (κ1) is 10.8. The average Bonchev–Trinajstić information content (AvgIpc) is 2.40. The molecule has 2 heterocycles. The number of hydrogen-bond donors (Lipinski definition) is 1. The topological polar surface area (TPSA) is 47.9 Å². The van der Waals surface area contributed by atoms with Gasteiger partial charge in [-0.25, -0.2) is 0 Å². The maximum absolute atomic E-state index is 9.82. The van der Waals surface area contributed by atoms with E-state index < -0.39 is 12.4 Å². The molecule has 1 saturated heterocycles. The maximum atomic E-state index is 9.82. The summed E-state index contributed by atoms with van der Waals surface area (Å²) in [5.41, 5.74) is 0.952. The lowest BCUT2D eigenvalue weighted by atomic mass is 10.0. The maximum Gasteiger partial charge on any atom is 0.184 e. The van der Waals surface area contributed by atoms with Crippen LogP contribution in [0.5, 0.6) is 0 Å². The van der Waals surface area contributed by atoms with Gasteiger partial charge in [0.2, 0.25) is 0 Å². The molecule has 4 nitrogen and oxygen atoms in total. The highest BCUT2D eigenvalue weighted by molar-refractivity contribution is 5.16. The Morgan fingerprint density at radius 1 is 1.18 bits per heavy atom. The van der Waals surface area contributed by atoms with E-state index in [-0.39, 0.29) is 12.2 Å². The lowest BCUT2D eigenvalue weighted by Gasteiger charge is -2.39. The summed E-state index contributed by atoms with van der Waals surface area (Å²) >= 11 is 0. The molecule has 1 aromatic rings. The van der Waals surface area contributed by atoms with Crippen molar-refractivity contribution in [1.82, 2.24) is 0 Å². The molecule has 4 atom stereocenters. The number of ether oxygens (including phenoxy) is 3. The van der Waals surface area contributed by atoms with Gasteiger partial charge < -0.3 is 19.3 Å². The van der Waals surface area contributed by atoms with Crippen molar-refractivity contribution < 1.29 is 19.3 Å². The van der Waals surface area contributed by atoms with Gasteiger partial charge in [0, 0.05) is 5.56 Å². The van der Waals surface area contributed by atoms with Crippen LogP contribution in [0, 0.1) is 0 Å². The number of aliphatic hydroxyl groups excluding tert-OH is 1. The number of rotatable bonds is 1. The van der Waals surface area contributed by atoms with Crippen molar-refractivity contribution >= 4 is 0 Å². The summed E-state index contributed by atoms with van der Waals surface area (Å²) in [5, 5.41) is 9.82. The van der Waals surface area contributed by atoms with Crippen molar-refractivity contribution in [3.05, 3.63) is 48.2 Å². The van der Waals surface area contributed by atoms with Crippen molar-refractivity contribution in [2.75, 3.05) is 6.61 Å². The highest BCUT2D eigenvalue weighted by Gasteiger charge is 2.39. The van der Waals surface area contributed by atoms with Gasteiger partial charge >= 0.3 is 0 Å². The Bertz CT molecular complexity index is 403. The van der Waals surface area contributed by atoms with Crippen molar-refractivity contribution in [2.45, 2.75) is 24.6 Å². The summed E-state index contributed by atoms with van der Waals surface area (Å²) < 4.78 is 16.7.